The van der Waals surface area contributed by atoms with Crippen molar-refractivity contribution in [3.8, 4) is 11.4 Å². The highest BCUT2D eigenvalue weighted by Crippen LogP contribution is 2.28. The molecule has 0 atom stereocenters. The van der Waals surface area contributed by atoms with Gasteiger partial charge in [-0.2, -0.15) is 0 Å². The molecule has 4 heterocycles. The van der Waals surface area contributed by atoms with Gasteiger partial charge >= 0.3 is 0 Å². The van der Waals surface area contributed by atoms with E-state index >= 15 is 0 Å². The van der Waals surface area contributed by atoms with E-state index < -0.39 is 0 Å². The van der Waals surface area contributed by atoms with Crippen LogP contribution in [0.25, 0.3) is 22.3 Å². The minimum atomic E-state index is 0.0909. The Balaban J connectivity index is 1.16. The first-order valence-corrected chi connectivity index (χ1v) is 12.9. The summed E-state index contributed by atoms with van der Waals surface area (Å²) in [5.41, 5.74) is 3.74. The first-order valence-electron chi connectivity index (χ1n) is 12.9. The molecule has 2 saturated heterocycles. The SMILES string of the molecule is CN1CCN(c2ccc(C(=O)N3CCN(c4nc(-c5cccnc5)nc5ccccc45)CC3)cc2)CC1. The maximum atomic E-state index is 13.3. The number of benzene rings is 2. The predicted molar refractivity (Wildman–Crippen MR) is 147 cm³/mol. The van der Waals surface area contributed by atoms with Gasteiger partial charge in [-0.3, -0.25) is 9.78 Å². The van der Waals surface area contributed by atoms with Crippen LogP contribution in [-0.2, 0) is 0 Å². The number of rotatable bonds is 4. The van der Waals surface area contributed by atoms with Crippen LogP contribution in [0.5, 0.6) is 0 Å². The molecule has 2 aromatic heterocycles. The summed E-state index contributed by atoms with van der Waals surface area (Å²) in [6.45, 7) is 6.92. The summed E-state index contributed by atoms with van der Waals surface area (Å²) in [5, 5.41) is 1.02. The molecule has 0 aliphatic carbocycles. The van der Waals surface area contributed by atoms with Crippen LogP contribution in [0.2, 0.25) is 0 Å². The first kappa shape index (κ1) is 23.4. The van der Waals surface area contributed by atoms with Gasteiger partial charge in [-0.25, -0.2) is 9.97 Å². The van der Waals surface area contributed by atoms with E-state index in [1.165, 1.54) is 5.69 Å². The molecule has 2 aromatic carbocycles. The molecule has 2 aliphatic rings. The third-order valence-corrected chi connectivity index (χ3v) is 7.35. The standard InChI is InChI=1S/C29H31N7O/c1-33-13-15-34(16-14-33)24-10-8-22(9-11-24)29(37)36-19-17-35(18-20-36)28-25-6-2-3-7-26(25)31-27(32-28)23-5-4-12-30-21-23/h2-12,21H,13-20H2,1H3. The van der Waals surface area contributed by atoms with Crippen LogP contribution >= 0.6 is 0 Å². The van der Waals surface area contributed by atoms with Gasteiger partial charge in [0.15, 0.2) is 5.82 Å². The van der Waals surface area contributed by atoms with Crippen LogP contribution < -0.4 is 9.80 Å². The van der Waals surface area contributed by atoms with Gasteiger partial charge in [0.25, 0.3) is 5.91 Å². The molecule has 2 aliphatic heterocycles. The van der Waals surface area contributed by atoms with Crippen LogP contribution in [-0.4, -0.2) is 90.1 Å². The molecule has 0 unspecified atom stereocenters. The average Bonchev–Trinajstić information content (AvgIpc) is 2.97. The quantitative estimate of drug-likeness (QED) is 0.432. The number of carbonyl (C=O) groups excluding carboxylic acids is 1. The monoisotopic (exact) mass is 493 g/mol. The molecule has 4 aromatic rings. The zero-order chi connectivity index (χ0) is 25.2. The number of hydrogen-bond donors (Lipinski definition) is 0. The molecule has 0 N–H and O–H groups in total. The van der Waals surface area contributed by atoms with Crippen molar-refractivity contribution in [1.82, 2.24) is 24.8 Å². The number of piperazine rings is 2. The van der Waals surface area contributed by atoms with E-state index in [0.29, 0.717) is 18.9 Å². The number of fused-ring (bicyclic) bond motifs is 1. The number of hydrogen-bond acceptors (Lipinski definition) is 7. The largest absolute Gasteiger partial charge is 0.369 e. The fourth-order valence-electron chi connectivity index (χ4n) is 5.11. The first-order chi connectivity index (χ1) is 18.2. The number of para-hydroxylation sites is 1. The third kappa shape index (κ3) is 4.84. The zero-order valence-corrected chi connectivity index (χ0v) is 21.1. The number of nitrogens with zero attached hydrogens (tertiary/aromatic N) is 7. The number of likely N-dealkylation sites (N-methyl/N-ethyl adjacent to an activating group) is 1. The van der Waals surface area contributed by atoms with E-state index in [-0.39, 0.29) is 5.91 Å². The molecule has 8 heteroatoms. The Morgan fingerprint density at radius 2 is 1.49 bits per heavy atom. The second-order valence-corrected chi connectivity index (χ2v) is 9.75. The Morgan fingerprint density at radius 3 is 2.22 bits per heavy atom. The Labute approximate surface area is 217 Å². The van der Waals surface area contributed by atoms with Crippen molar-refractivity contribution in [2.75, 3.05) is 69.2 Å². The summed E-state index contributed by atoms with van der Waals surface area (Å²) in [6.07, 6.45) is 3.54. The molecule has 1 amide bonds. The molecule has 0 spiro atoms. The van der Waals surface area contributed by atoms with E-state index in [4.69, 9.17) is 9.97 Å². The molecule has 188 valence electrons. The molecule has 0 bridgehead atoms. The van der Waals surface area contributed by atoms with Crippen LogP contribution in [0.15, 0.2) is 73.1 Å². The highest BCUT2D eigenvalue weighted by atomic mass is 16.2. The van der Waals surface area contributed by atoms with Crippen LogP contribution in [0, 0.1) is 0 Å². The third-order valence-electron chi connectivity index (χ3n) is 7.35. The lowest BCUT2D eigenvalue weighted by Crippen LogP contribution is -2.49. The average molecular weight is 494 g/mol. The van der Waals surface area contributed by atoms with Gasteiger partial charge in [-0.05, 0) is 55.6 Å². The Bertz CT molecular complexity index is 1380. The van der Waals surface area contributed by atoms with E-state index in [1.54, 1.807) is 12.4 Å². The Morgan fingerprint density at radius 1 is 0.757 bits per heavy atom. The van der Waals surface area contributed by atoms with Crippen molar-refractivity contribution >= 4 is 28.3 Å². The van der Waals surface area contributed by atoms with Gasteiger partial charge in [0, 0.05) is 87.0 Å². The lowest BCUT2D eigenvalue weighted by Gasteiger charge is -2.36. The second-order valence-electron chi connectivity index (χ2n) is 9.75. The summed E-state index contributed by atoms with van der Waals surface area (Å²) in [5.74, 6) is 1.67. The summed E-state index contributed by atoms with van der Waals surface area (Å²) in [4.78, 5) is 36.2. The van der Waals surface area contributed by atoms with Gasteiger partial charge in [0.1, 0.15) is 5.82 Å². The second kappa shape index (κ2) is 10.1. The zero-order valence-electron chi connectivity index (χ0n) is 21.1. The summed E-state index contributed by atoms with van der Waals surface area (Å²) < 4.78 is 0. The minimum absolute atomic E-state index is 0.0909. The fraction of sp³-hybridized carbons (Fsp3) is 0.310. The molecule has 6 rings (SSSR count). The van der Waals surface area contributed by atoms with E-state index in [0.717, 1.165) is 67.1 Å². The fourth-order valence-corrected chi connectivity index (χ4v) is 5.11. The van der Waals surface area contributed by atoms with Crippen molar-refractivity contribution < 1.29 is 4.79 Å². The van der Waals surface area contributed by atoms with Crippen molar-refractivity contribution in [3.63, 3.8) is 0 Å². The van der Waals surface area contributed by atoms with Gasteiger partial charge in [0.05, 0.1) is 5.52 Å². The lowest BCUT2D eigenvalue weighted by molar-refractivity contribution is 0.0746. The van der Waals surface area contributed by atoms with Gasteiger partial charge in [0.2, 0.25) is 0 Å². The van der Waals surface area contributed by atoms with E-state index in [1.807, 2.05) is 47.4 Å². The maximum Gasteiger partial charge on any atom is 0.253 e. The number of carbonyl (C=O) groups is 1. The Hall–Kier alpha value is -4.04. The topological polar surface area (TPSA) is 68.7 Å². The van der Waals surface area contributed by atoms with Gasteiger partial charge in [-0.1, -0.05) is 12.1 Å². The van der Waals surface area contributed by atoms with Crippen LogP contribution in [0.1, 0.15) is 10.4 Å². The number of amides is 1. The maximum absolute atomic E-state index is 13.3. The number of pyridine rings is 1. The summed E-state index contributed by atoms with van der Waals surface area (Å²) in [6, 6.07) is 20.1. The molecule has 8 nitrogen and oxygen atoms in total. The van der Waals surface area contributed by atoms with Crippen molar-refractivity contribution in [1.29, 1.82) is 0 Å². The van der Waals surface area contributed by atoms with Crippen LogP contribution in [0.3, 0.4) is 0 Å². The lowest BCUT2D eigenvalue weighted by atomic mass is 10.1. The minimum Gasteiger partial charge on any atom is -0.369 e. The molecule has 0 saturated carbocycles. The molecule has 0 radical (unpaired) electrons. The normalized spacial score (nSPS) is 16.8. The van der Waals surface area contributed by atoms with Gasteiger partial charge in [-0.15, -0.1) is 0 Å². The predicted octanol–water partition coefficient (Wildman–Crippen LogP) is 3.41. The van der Waals surface area contributed by atoms with Crippen molar-refractivity contribution in [2.24, 2.45) is 0 Å². The summed E-state index contributed by atoms with van der Waals surface area (Å²) in [7, 11) is 2.16. The highest BCUT2D eigenvalue weighted by molar-refractivity contribution is 5.95. The van der Waals surface area contributed by atoms with Crippen molar-refractivity contribution in [3.05, 3.63) is 78.6 Å². The number of aromatic nitrogens is 3. The summed E-state index contributed by atoms with van der Waals surface area (Å²) >= 11 is 0. The molecule has 37 heavy (non-hydrogen) atoms. The van der Waals surface area contributed by atoms with Crippen LogP contribution in [0.4, 0.5) is 11.5 Å². The highest BCUT2D eigenvalue weighted by Gasteiger charge is 2.25. The molecular weight excluding hydrogens is 462 g/mol. The molecular formula is C29H31N7O. The van der Waals surface area contributed by atoms with E-state index in [9.17, 15) is 4.79 Å². The van der Waals surface area contributed by atoms with Crippen molar-refractivity contribution in [2.45, 2.75) is 0 Å². The Kier molecular flexibility index (Phi) is 6.40. The smallest absolute Gasteiger partial charge is 0.253 e. The molecule has 2 fully saturated rings. The van der Waals surface area contributed by atoms with E-state index in [2.05, 4.69) is 44.9 Å². The van der Waals surface area contributed by atoms with Gasteiger partial charge < -0.3 is 19.6 Å². The number of anilines is 2.